The van der Waals surface area contributed by atoms with Gasteiger partial charge in [-0.15, -0.1) is 0 Å². The highest BCUT2D eigenvalue weighted by molar-refractivity contribution is 5.99. The Morgan fingerprint density at radius 3 is 1.53 bits per heavy atom. The molecule has 6 heteroatoms. The number of carbonyl (C=O) groups excluding carboxylic acids is 1. The minimum absolute atomic E-state index is 0.235. The van der Waals surface area contributed by atoms with Gasteiger partial charge in [0.2, 0.25) is 0 Å². The molecule has 0 bridgehead atoms. The van der Waals surface area contributed by atoms with E-state index in [1.807, 2.05) is 0 Å². The summed E-state index contributed by atoms with van der Waals surface area (Å²) in [5, 5.41) is 9.02. The van der Waals surface area contributed by atoms with Crippen LogP contribution < -0.4 is 0 Å². The predicted octanol–water partition coefficient (Wildman–Crippen LogP) is 6.59. The monoisotopic (exact) mass is 420 g/mol. The molecule has 0 aliphatic carbocycles. The second-order valence-electron chi connectivity index (χ2n) is 8.00. The number of carboxylic acid groups (broad SMARTS) is 1. The number of aromatic carboxylic acids is 1. The second-order valence-corrected chi connectivity index (χ2v) is 8.00. The highest BCUT2D eigenvalue weighted by Crippen LogP contribution is 2.14. The summed E-state index contributed by atoms with van der Waals surface area (Å²) in [6.07, 6.45) is 23.1. The van der Waals surface area contributed by atoms with Gasteiger partial charge in [0.1, 0.15) is 0 Å². The van der Waals surface area contributed by atoms with E-state index >= 15 is 0 Å². The molecule has 6 nitrogen and oxygen atoms in total. The SMILES string of the molecule is CCCCCCCCCCCCCCCCCCOC(=O)c1nccnc1C(=O)O. The van der Waals surface area contributed by atoms with Crippen LogP contribution in [0.3, 0.4) is 0 Å². The van der Waals surface area contributed by atoms with E-state index in [0.29, 0.717) is 0 Å². The van der Waals surface area contributed by atoms with Gasteiger partial charge in [0.05, 0.1) is 6.61 Å². The van der Waals surface area contributed by atoms with Gasteiger partial charge in [-0.25, -0.2) is 19.6 Å². The molecule has 1 heterocycles. The van der Waals surface area contributed by atoms with E-state index in [4.69, 9.17) is 9.84 Å². The smallest absolute Gasteiger partial charge is 0.359 e. The maximum Gasteiger partial charge on any atom is 0.359 e. The summed E-state index contributed by atoms with van der Waals surface area (Å²) in [6.45, 7) is 2.55. The van der Waals surface area contributed by atoms with Gasteiger partial charge in [-0.3, -0.25) is 0 Å². The molecule has 0 saturated heterocycles. The minimum Gasteiger partial charge on any atom is -0.476 e. The van der Waals surface area contributed by atoms with Crippen molar-refractivity contribution in [1.82, 2.24) is 9.97 Å². The molecule has 1 N–H and O–H groups in total. The molecule has 0 aliphatic heterocycles. The largest absolute Gasteiger partial charge is 0.476 e. The van der Waals surface area contributed by atoms with E-state index in [1.54, 1.807) is 0 Å². The van der Waals surface area contributed by atoms with Crippen LogP contribution >= 0.6 is 0 Å². The van der Waals surface area contributed by atoms with E-state index in [2.05, 4.69) is 16.9 Å². The van der Waals surface area contributed by atoms with Gasteiger partial charge in [-0.1, -0.05) is 103 Å². The lowest BCUT2D eigenvalue weighted by Crippen LogP contribution is -2.15. The molecule has 0 spiro atoms. The summed E-state index contributed by atoms with van der Waals surface area (Å²) < 4.78 is 5.13. The molecule has 0 atom stereocenters. The van der Waals surface area contributed by atoms with Gasteiger partial charge in [-0.05, 0) is 6.42 Å². The molecule has 170 valence electrons. The highest BCUT2D eigenvalue weighted by Gasteiger charge is 2.20. The van der Waals surface area contributed by atoms with Crippen molar-refractivity contribution in [2.45, 2.75) is 110 Å². The third kappa shape index (κ3) is 12.6. The zero-order valence-electron chi connectivity index (χ0n) is 18.7. The second kappa shape index (κ2) is 17.8. The lowest BCUT2D eigenvalue weighted by Gasteiger charge is -2.06. The van der Waals surface area contributed by atoms with E-state index in [-0.39, 0.29) is 18.0 Å². The van der Waals surface area contributed by atoms with Crippen LogP contribution in [0.2, 0.25) is 0 Å². The lowest BCUT2D eigenvalue weighted by atomic mass is 10.0. The Morgan fingerprint density at radius 2 is 1.10 bits per heavy atom. The summed E-state index contributed by atoms with van der Waals surface area (Å²) >= 11 is 0. The Morgan fingerprint density at radius 1 is 0.700 bits per heavy atom. The van der Waals surface area contributed by atoms with Gasteiger partial charge >= 0.3 is 11.9 Å². The van der Waals surface area contributed by atoms with Crippen molar-refractivity contribution >= 4 is 11.9 Å². The third-order valence-electron chi connectivity index (χ3n) is 5.33. The molecular formula is C24H40N2O4. The van der Waals surface area contributed by atoms with Crippen molar-refractivity contribution in [3.8, 4) is 0 Å². The van der Waals surface area contributed by atoms with Gasteiger partial charge in [0.15, 0.2) is 11.4 Å². The van der Waals surface area contributed by atoms with E-state index in [1.165, 1.54) is 95.9 Å². The molecule has 30 heavy (non-hydrogen) atoms. The number of unbranched alkanes of at least 4 members (excludes halogenated alkanes) is 15. The van der Waals surface area contributed by atoms with Crippen LogP contribution in [0, 0.1) is 0 Å². The van der Waals surface area contributed by atoms with Crippen LogP contribution in [0.4, 0.5) is 0 Å². The predicted molar refractivity (Wildman–Crippen MR) is 119 cm³/mol. The number of ether oxygens (including phenoxy) is 1. The van der Waals surface area contributed by atoms with E-state index < -0.39 is 11.9 Å². The quantitative estimate of drug-likeness (QED) is 0.200. The summed E-state index contributed by atoms with van der Waals surface area (Å²) in [5.74, 6) is -2.00. The van der Waals surface area contributed by atoms with Crippen LogP contribution in [0.1, 0.15) is 131 Å². The highest BCUT2D eigenvalue weighted by atomic mass is 16.5. The number of nitrogens with zero attached hydrogens (tertiary/aromatic N) is 2. The zero-order chi connectivity index (χ0) is 21.9. The summed E-state index contributed by atoms with van der Waals surface area (Å²) in [6, 6.07) is 0. The summed E-state index contributed by atoms with van der Waals surface area (Å²) in [5.41, 5.74) is -0.601. The number of hydrogen-bond acceptors (Lipinski definition) is 5. The van der Waals surface area contributed by atoms with Crippen LogP contribution in [0.15, 0.2) is 12.4 Å². The van der Waals surface area contributed by atoms with Crippen molar-refractivity contribution in [3.63, 3.8) is 0 Å². The Kier molecular flexibility index (Phi) is 15.5. The molecular weight excluding hydrogens is 380 g/mol. The average Bonchev–Trinajstić information content (AvgIpc) is 2.75. The molecule has 1 rings (SSSR count). The fourth-order valence-electron chi connectivity index (χ4n) is 3.53. The third-order valence-corrected chi connectivity index (χ3v) is 5.33. The molecule has 0 aromatic carbocycles. The van der Waals surface area contributed by atoms with Crippen LogP contribution in [0.25, 0.3) is 0 Å². The standard InChI is InChI=1S/C24H40N2O4/c1-2-3-4-5-6-7-8-9-10-11-12-13-14-15-16-17-20-30-24(29)22-21(23(27)28)25-18-19-26-22/h18-19H,2-17,20H2,1H3,(H,27,28). The van der Waals surface area contributed by atoms with Crippen LogP contribution in [-0.4, -0.2) is 33.6 Å². The molecule has 0 amide bonds. The fraction of sp³-hybridized carbons (Fsp3) is 0.750. The molecule has 0 unspecified atom stereocenters. The van der Waals surface area contributed by atoms with Gasteiger partial charge in [-0.2, -0.15) is 0 Å². The zero-order valence-corrected chi connectivity index (χ0v) is 18.7. The van der Waals surface area contributed by atoms with Crippen molar-refractivity contribution in [2.24, 2.45) is 0 Å². The summed E-state index contributed by atoms with van der Waals surface area (Å²) in [4.78, 5) is 30.4. The summed E-state index contributed by atoms with van der Waals surface area (Å²) in [7, 11) is 0. The van der Waals surface area contributed by atoms with Crippen molar-refractivity contribution < 1.29 is 19.4 Å². The molecule has 1 aromatic heterocycles. The van der Waals surface area contributed by atoms with E-state index in [9.17, 15) is 9.59 Å². The van der Waals surface area contributed by atoms with Crippen molar-refractivity contribution in [1.29, 1.82) is 0 Å². The number of rotatable bonds is 19. The Balaban J connectivity index is 1.89. The number of aromatic nitrogens is 2. The van der Waals surface area contributed by atoms with Gasteiger partial charge < -0.3 is 9.84 Å². The van der Waals surface area contributed by atoms with Crippen molar-refractivity contribution in [3.05, 3.63) is 23.8 Å². The minimum atomic E-state index is -1.28. The normalized spacial score (nSPS) is 10.8. The van der Waals surface area contributed by atoms with Gasteiger partial charge in [0.25, 0.3) is 0 Å². The molecule has 0 fully saturated rings. The Labute approximate surface area is 181 Å². The first kappa shape index (κ1) is 26.1. The average molecular weight is 421 g/mol. The molecule has 0 radical (unpaired) electrons. The topological polar surface area (TPSA) is 89.4 Å². The first-order chi connectivity index (χ1) is 14.7. The van der Waals surface area contributed by atoms with Crippen LogP contribution in [-0.2, 0) is 4.74 Å². The molecule has 1 aromatic rings. The fourth-order valence-corrected chi connectivity index (χ4v) is 3.53. The number of hydrogen-bond donors (Lipinski definition) is 1. The molecule has 0 saturated carbocycles. The number of esters is 1. The van der Waals surface area contributed by atoms with Crippen LogP contribution in [0.5, 0.6) is 0 Å². The maximum atomic E-state index is 11.9. The van der Waals surface area contributed by atoms with E-state index in [0.717, 1.165) is 19.3 Å². The Bertz CT molecular complexity index is 592. The maximum absolute atomic E-state index is 11.9. The lowest BCUT2D eigenvalue weighted by molar-refractivity contribution is 0.0478. The number of carboxylic acids is 1. The number of carbonyl (C=O) groups is 2. The first-order valence-electron chi connectivity index (χ1n) is 11.9. The van der Waals surface area contributed by atoms with Crippen molar-refractivity contribution in [2.75, 3.05) is 6.61 Å². The Hall–Kier alpha value is -1.98. The van der Waals surface area contributed by atoms with Gasteiger partial charge in [0, 0.05) is 12.4 Å². The first-order valence-corrected chi connectivity index (χ1v) is 11.9. The molecule has 0 aliphatic rings.